The summed E-state index contributed by atoms with van der Waals surface area (Å²) in [5.74, 6) is 1.10. The van der Waals surface area contributed by atoms with E-state index in [9.17, 15) is 4.79 Å². The Morgan fingerprint density at radius 2 is 1.95 bits per heavy atom. The summed E-state index contributed by atoms with van der Waals surface area (Å²) in [5, 5.41) is 0. The number of hydrogen-bond donors (Lipinski definition) is 0. The summed E-state index contributed by atoms with van der Waals surface area (Å²) in [4.78, 5) is 14.6. The zero-order valence-corrected chi connectivity index (χ0v) is 12.4. The van der Waals surface area contributed by atoms with Crippen LogP contribution in [-0.4, -0.2) is 29.8 Å². The Bertz CT molecular complexity index is 423. The lowest BCUT2D eigenvalue weighted by molar-refractivity contribution is 0.0910. The monoisotopic (exact) mass is 259 g/mol. The van der Waals surface area contributed by atoms with Crippen molar-refractivity contribution in [2.45, 2.75) is 46.1 Å². The van der Waals surface area contributed by atoms with Crippen molar-refractivity contribution < 1.29 is 4.79 Å². The lowest BCUT2D eigenvalue weighted by Gasteiger charge is -2.36. The first-order chi connectivity index (χ1) is 9.06. The molecule has 2 atom stereocenters. The second-order valence-corrected chi connectivity index (χ2v) is 6.05. The predicted molar refractivity (Wildman–Crippen MR) is 79.6 cm³/mol. The van der Waals surface area contributed by atoms with Crippen molar-refractivity contribution in [2.75, 3.05) is 13.1 Å². The molecular weight excluding hydrogens is 234 g/mol. The van der Waals surface area contributed by atoms with E-state index in [1.165, 1.54) is 18.4 Å². The minimum atomic E-state index is 0.269. The van der Waals surface area contributed by atoms with Crippen LogP contribution in [0.2, 0.25) is 0 Å². The molecule has 1 aromatic carbocycles. The quantitative estimate of drug-likeness (QED) is 0.769. The predicted octanol–water partition coefficient (Wildman–Crippen LogP) is 3.69. The summed E-state index contributed by atoms with van der Waals surface area (Å²) in [6.45, 7) is 8.70. The van der Waals surface area contributed by atoms with E-state index in [1.807, 2.05) is 31.2 Å². The molecular formula is C17H25NO. The fraction of sp³-hybridized carbons (Fsp3) is 0.588. The normalized spacial score (nSPS) is 24.4. The van der Waals surface area contributed by atoms with Crippen LogP contribution in [0.15, 0.2) is 24.3 Å². The maximum Gasteiger partial charge on any atom is 0.164 e. The van der Waals surface area contributed by atoms with Gasteiger partial charge in [0.15, 0.2) is 5.78 Å². The van der Waals surface area contributed by atoms with Gasteiger partial charge in [0.2, 0.25) is 0 Å². The number of Topliss-reactive ketones (excluding diaryl/α,β-unsaturated/α-hetero) is 1. The van der Waals surface area contributed by atoms with Gasteiger partial charge in [-0.15, -0.1) is 0 Å². The van der Waals surface area contributed by atoms with Gasteiger partial charge >= 0.3 is 0 Å². The first-order valence-electron chi connectivity index (χ1n) is 7.40. The number of rotatable bonds is 4. The van der Waals surface area contributed by atoms with Crippen molar-refractivity contribution in [2.24, 2.45) is 5.92 Å². The van der Waals surface area contributed by atoms with E-state index in [2.05, 4.69) is 18.7 Å². The number of carbonyl (C=O) groups is 1. The molecule has 1 aromatic rings. The van der Waals surface area contributed by atoms with Gasteiger partial charge in [0.25, 0.3) is 0 Å². The van der Waals surface area contributed by atoms with Gasteiger partial charge in [-0.3, -0.25) is 4.79 Å². The molecule has 0 spiro atoms. The standard InChI is InChI=1S/C17H25NO/c1-13-4-6-16(7-5-13)17(19)9-11-18-10-8-14(2)12-15(18)3/h4-7,14-15H,8-12H2,1-3H3. The highest BCUT2D eigenvalue weighted by Crippen LogP contribution is 2.22. The Morgan fingerprint density at radius 3 is 2.58 bits per heavy atom. The summed E-state index contributed by atoms with van der Waals surface area (Å²) in [7, 11) is 0. The highest BCUT2D eigenvalue weighted by Gasteiger charge is 2.22. The van der Waals surface area contributed by atoms with E-state index in [1.54, 1.807) is 0 Å². The number of carbonyl (C=O) groups excluding carboxylic acids is 1. The average Bonchev–Trinajstić information content (AvgIpc) is 2.38. The van der Waals surface area contributed by atoms with Crippen molar-refractivity contribution in [3.8, 4) is 0 Å². The van der Waals surface area contributed by atoms with Gasteiger partial charge in [0, 0.05) is 24.6 Å². The van der Waals surface area contributed by atoms with E-state index >= 15 is 0 Å². The third-order valence-corrected chi connectivity index (χ3v) is 4.28. The topological polar surface area (TPSA) is 20.3 Å². The van der Waals surface area contributed by atoms with Crippen LogP contribution in [-0.2, 0) is 0 Å². The van der Waals surface area contributed by atoms with E-state index in [4.69, 9.17) is 0 Å². The van der Waals surface area contributed by atoms with Gasteiger partial charge in [-0.1, -0.05) is 36.8 Å². The Morgan fingerprint density at radius 1 is 1.26 bits per heavy atom. The number of likely N-dealkylation sites (tertiary alicyclic amines) is 1. The summed E-state index contributed by atoms with van der Waals surface area (Å²) < 4.78 is 0. The summed E-state index contributed by atoms with van der Waals surface area (Å²) in [6.07, 6.45) is 3.17. The van der Waals surface area contributed by atoms with E-state index in [0.717, 1.165) is 24.6 Å². The third kappa shape index (κ3) is 3.90. The van der Waals surface area contributed by atoms with Crippen LogP contribution < -0.4 is 0 Å². The Kier molecular flexibility index (Phi) is 4.76. The Hall–Kier alpha value is -1.15. The molecule has 1 fully saturated rings. The van der Waals surface area contributed by atoms with Crippen LogP contribution in [0.1, 0.15) is 49.0 Å². The third-order valence-electron chi connectivity index (χ3n) is 4.28. The average molecular weight is 259 g/mol. The molecule has 0 saturated carbocycles. The zero-order chi connectivity index (χ0) is 13.8. The van der Waals surface area contributed by atoms with E-state index in [-0.39, 0.29) is 5.78 Å². The lowest BCUT2D eigenvalue weighted by Crippen LogP contribution is -2.41. The summed E-state index contributed by atoms with van der Waals surface area (Å²) >= 11 is 0. The van der Waals surface area contributed by atoms with Crippen molar-refractivity contribution >= 4 is 5.78 Å². The second kappa shape index (κ2) is 6.33. The second-order valence-electron chi connectivity index (χ2n) is 6.05. The van der Waals surface area contributed by atoms with Crippen LogP contribution in [0.5, 0.6) is 0 Å². The minimum Gasteiger partial charge on any atom is -0.300 e. The Balaban J connectivity index is 1.85. The molecule has 104 valence electrons. The molecule has 19 heavy (non-hydrogen) atoms. The van der Waals surface area contributed by atoms with Crippen LogP contribution in [0, 0.1) is 12.8 Å². The molecule has 2 unspecified atom stereocenters. The van der Waals surface area contributed by atoms with Crippen molar-refractivity contribution in [3.05, 3.63) is 35.4 Å². The smallest absolute Gasteiger partial charge is 0.164 e. The number of hydrogen-bond acceptors (Lipinski definition) is 2. The van der Waals surface area contributed by atoms with Gasteiger partial charge in [0.05, 0.1) is 0 Å². The molecule has 0 aliphatic carbocycles. The van der Waals surface area contributed by atoms with Crippen LogP contribution in [0.25, 0.3) is 0 Å². The lowest BCUT2D eigenvalue weighted by atomic mass is 9.93. The van der Waals surface area contributed by atoms with E-state index < -0.39 is 0 Å². The SMILES string of the molecule is Cc1ccc(C(=O)CCN2CCC(C)CC2C)cc1. The highest BCUT2D eigenvalue weighted by molar-refractivity contribution is 5.96. The van der Waals surface area contributed by atoms with Crippen molar-refractivity contribution in [1.82, 2.24) is 4.90 Å². The number of aryl methyl sites for hydroxylation is 1. The summed E-state index contributed by atoms with van der Waals surface area (Å²) in [5.41, 5.74) is 2.05. The van der Waals surface area contributed by atoms with Crippen molar-refractivity contribution in [1.29, 1.82) is 0 Å². The molecule has 1 aliphatic heterocycles. The summed E-state index contributed by atoms with van der Waals surface area (Å²) in [6, 6.07) is 8.53. The maximum absolute atomic E-state index is 12.1. The van der Waals surface area contributed by atoms with Gasteiger partial charge in [-0.2, -0.15) is 0 Å². The van der Waals surface area contributed by atoms with Gasteiger partial charge in [-0.05, 0) is 39.2 Å². The molecule has 0 amide bonds. The minimum absolute atomic E-state index is 0.269. The maximum atomic E-state index is 12.1. The molecule has 0 aromatic heterocycles. The highest BCUT2D eigenvalue weighted by atomic mass is 16.1. The molecule has 1 heterocycles. The number of ketones is 1. The van der Waals surface area contributed by atoms with E-state index in [0.29, 0.717) is 12.5 Å². The van der Waals surface area contributed by atoms with Crippen LogP contribution in [0.3, 0.4) is 0 Å². The van der Waals surface area contributed by atoms with Crippen LogP contribution in [0.4, 0.5) is 0 Å². The number of nitrogens with zero attached hydrogens (tertiary/aromatic N) is 1. The van der Waals surface area contributed by atoms with Crippen LogP contribution >= 0.6 is 0 Å². The molecule has 2 rings (SSSR count). The fourth-order valence-electron chi connectivity index (χ4n) is 2.92. The molecule has 2 heteroatoms. The van der Waals surface area contributed by atoms with Gasteiger partial charge in [-0.25, -0.2) is 0 Å². The first-order valence-corrected chi connectivity index (χ1v) is 7.40. The Labute approximate surface area is 116 Å². The zero-order valence-electron chi connectivity index (χ0n) is 12.4. The first kappa shape index (κ1) is 14.3. The molecule has 0 radical (unpaired) electrons. The van der Waals surface area contributed by atoms with Gasteiger partial charge < -0.3 is 4.90 Å². The fourth-order valence-corrected chi connectivity index (χ4v) is 2.92. The number of piperidine rings is 1. The molecule has 1 saturated heterocycles. The van der Waals surface area contributed by atoms with Gasteiger partial charge in [0.1, 0.15) is 0 Å². The molecule has 1 aliphatic rings. The largest absolute Gasteiger partial charge is 0.300 e. The van der Waals surface area contributed by atoms with Crippen molar-refractivity contribution in [3.63, 3.8) is 0 Å². The molecule has 0 N–H and O–H groups in total. The molecule has 2 nitrogen and oxygen atoms in total. The number of benzene rings is 1. The molecule has 0 bridgehead atoms.